The monoisotopic (exact) mass is 219 g/mol. The lowest BCUT2D eigenvalue weighted by Crippen LogP contribution is -2.10. The summed E-state index contributed by atoms with van der Waals surface area (Å²) in [5.41, 5.74) is 1.50. The zero-order valence-corrected chi connectivity index (χ0v) is 10.2. The minimum Gasteiger partial charge on any atom is -0.496 e. The Kier molecular flexibility index (Phi) is 4.11. The van der Waals surface area contributed by atoms with Crippen molar-refractivity contribution in [1.29, 1.82) is 0 Å². The van der Waals surface area contributed by atoms with Crippen molar-refractivity contribution in [2.24, 2.45) is 0 Å². The first-order valence-corrected chi connectivity index (χ1v) is 5.09. The number of hydrogen-bond acceptors (Lipinski definition) is 3. The Hall–Kier alpha value is -1.77. The van der Waals surface area contributed by atoms with Crippen LogP contribution in [0.2, 0.25) is 0 Å². The van der Waals surface area contributed by atoms with Crippen LogP contribution in [0.5, 0.6) is 5.75 Å². The second kappa shape index (κ2) is 5.35. The highest BCUT2D eigenvalue weighted by molar-refractivity contribution is 6.06. The van der Waals surface area contributed by atoms with Gasteiger partial charge >= 0.3 is 0 Å². The summed E-state index contributed by atoms with van der Waals surface area (Å²) in [7, 11) is 5.37. The van der Waals surface area contributed by atoms with Gasteiger partial charge in [-0.3, -0.25) is 4.79 Å². The molecule has 1 aromatic carbocycles. The predicted octanol–water partition coefficient (Wildman–Crippen LogP) is 2.34. The molecule has 0 aliphatic heterocycles. The molecular weight excluding hydrogens is 202 g/mol. The highest BCUT2D eigenvalue weighted by Crippen LogP contribution is 2.18. The van der Waals surface area contributed by atoms with Crippen molar-refractivity contribution in [3.05, 3.63) is 41.6 Å². The maximum atomic E-state index is 12.0. The summed E-state index contributed by atoms with van der Waals surface area (Å²) in [4.78, 5) is 13.9. The number of ketones is 1. The Morgan fingerprint density at radius 3 is 2.50 bits per heavy atom. The number of ether oxygens (including phenoxy) is 1. The quantitative estimate of drug-likeness (QED) is 0.575. The van der Waals surface area contributed by atoms with Gasteiger partial charge in [-0.1, -0.05) is 12.1 Å². The van der Waals surface area contributed by atoms with Gasteiger partial charge in [0.25, 0.3) is 0 Å². The number of carbonyl (C=O) groups excluding carboxylic acids is 1. The first-order chi connectivity index (χ1) is 7.56. The Balaban J connectivity index is 3.01. The standard InChI is InChI=1S/C13H17NO2/c1-10(14(2)3)9-12(15)11-7-5-6-8-13(11)16-4/h5-9H,1-4H3/b10-9+. The van der Waals surface area contributed by atoms with Crippen molar-refractivity contribution in [3.8, 4) is 5.75 Å². The van der Waals surface area contributed by atoms with Gasteiger partial charge in [-0.15, -0.1) is 0 Å². The molecule has 0 spiro atoms. The molecule has 0 saturated heterocycles. The zero-order chi connectivity index (χ0) is 12.1. The van der Waals surface area contributed by atoms with Crippen LogP contribution in [0.3, 0.4) is 0 Å². The second-order valence-corrected chi connectivity index (χ2v) is 3.74. The van der Waals surface area contributed by atoms with Crippen LogP contribution >= 0.6 is 0 Å². The van der Waals surface area contributed by atoms with Crippen molar-refractivity contribution in [3.63, 3.8) is 0 Å². The highest BCUT2D eigenvalue weighted by Gasteiger charge is 2.09. The van der Waals surface area contributed by atoms with Crippen molar-refractivity contribution < 1.29 is 9.53 Å². The molecule has 3 heteroatoms. The van der Waals surface area contributed by atoms with E-state index in [0.29, 0.717) is 11.3 Å². The van der Waals surface area contributed by atoms with Crippen LogP contribution in [-0.2, 0) is 0 Å². The molecule has 0 aliphatic carbocycles. The average Bonchev–Trinajstić information content (AvgIpc) is 2.28. The number of benzene rings is 1. The van der Waals surface area contributed by atoms with E-state index in [1.165, 1.54) is 0 Å². The first-order valence-electron chi connectivity index (χ1n) is 5.09. The Morgan fingerprint density at radius 2 is 1.94 bits per heavy atom. The number of nitrogens with zero attached hydrogens (tertiary/aromatic N) is 1. The molecule has 0 atom stereocenters. The lowest BCUT2D eigenvalue weighted by Gasteiger charge is -2.12. The summed E-state index contributed by atoms with van der Waals surface area (Å²) in [5, 5.41) is 0. The van der Waals surface area contributed by atoms with E-state index < -0.39 is 0 Å². The second-order valence-electron chi connectivity index (χ2n) is 3.74. The van der Waals surface area contributed by atoms with E-state index in [0.717, 1.165) is 5.70 Å². The number of allylic oxidation sites excluding steroid dienone is 2. The molecule has 16 heavy (non-hydrogen) atoms. The van der Waals surface area contributed by atoms with Gasteiger partial charge in [0.2, 0.25) is 0 Å². The predicted molar refractivity (Wildman–Crippen MR) is 64.8 cm³/mol. The minimum absolute atomic E-state index is 0.0383. The number of hydrogen-bond donors (Lipinski definition) is 0. The molecule has 0 heterocycles. The molecule has 0 fully saturated rings. The van der Waals surface area contributed by atoms with Gasteiger partial charge in [-0.2, -0.15) is 0 Å². The van der Waals surface area contributed by atoms with Crippen molar-refractivity contribution >= 4 is 5.78 Å². The topological polar surface area (TPSA) is 29.5 Å². The number of para-hydroxylation sites is 1. The third-order valence-corrected chi connectivity index (χ3v) is 2.42. The summed E-state index contributed by atoms with van der Waals surface area (Å²) in [6.07, 6.45) is 1.61. The zero-order valence-electron chi connectivity index (χ0n) is 10.2. The molecular formula is C13H17NO2. The fraction of sp³-hybridized carbons (Fsp3) is 0.308. The van der Waals surface area contributed by atoms with E-state index >= 15 is 0 Å². The van der Waals surface area contributed by atoms with Crippen molar-refractivity contribution in [1.82, 2.24) is 4.90 Å². The normalized spacial score (nSPS) is 11.1. The Morgan fingerprint density at radius 1 is 1.31 bits per heavy atom. The van der Waals surface area contributed by atoms with Crippen LogP contribution in [-0.4, -0.2) is 31.9 Å². The lowest BCUT2D eigenvalue weighted by atomic mass is 10.1. The number of carbonyl (C=O) groups is 1. The lowest BCUT2D eigenvalue weighted by molar-refractivity contribution is 0.104. The van der Waals surface area contributed by atoms with Gasteiger partial charge in [-0.05, 0) is 19.1 Å². The molecule has 0 radical (unpaired) electrons. The number of methoxy groups -OCH3 is 1. The summed E-state index contributed by atoms with van der Waals surface area (Å²) in [5.74, 6) is 0.568. The van der Waals surface area contributed by atoms with Crippen molar-refractivity contribution in [2.45, 2.75) is 6.92 Å². The molecule has 0 amide bonds. The van der Waals surface area contributed by atoms with Crippen LogP contribution in [0.1, 0.15) is 17.3 Å². The van der Waals surface area contributed by atoms with E-state index in [9.17, 15) is 4.79 Å². The average molecular weight is 219 g/mol. The van der Waals surface area contributed by atoms with Crippen LogP contribution in [0.25, 0.3) is 0 Å². The summed E-state index contributed by atoms with van der Waals surface area (Å²) in [6, 6.07) is 7.22. The van der Waals surface area contributed by atoms with Crippen LogP contribution in [0, 0.1) is 0 Å². The third kappa shape index (κ3) is 2.86. The summed E-state index contributed by atoms with van der Waals surface area (Å²) in [6.45, 7) is 1.90. The first kappa shape index (κ1) is 12.3. The fourth-order valence-electron chi connectivity index (χ4n) is 1.24. The molecule has 1 aromatic rings. The van der Waals surface area contributed by atoms with Gasteiger partial charge in [0.05, 0.1) is 12.7 Å². The fourth-order valence-corrected chi connectivity index (χ4v) is 1.24. The minimum atomic E-state index is -0.0383. The van der Waals surface area contributed by atoms with Crippen molar-refractivity contribution in [2.75, 3.05) is 21.2 Å². The van der Waals surface area contributed by atoms with Gasteiger partial charge in [-0.25, -0.2) is 0 Å². The molecule has 0 saturated carbocycles. The maximum Gasteiger partial charge on any atom is 0.191 e. The molecule has 0 aliphatic rings. The van der Waals surface area contributed by atoms with Crippen LogP contribution in [0.15, 0.2) is 36.0 Å². The van der Waals surface area contributed by atoms with E-state index in [1.54, 1.807) is 25.3 Å². The van der Waals surface area contributed by atoms with E-state index in [4.69, 9.17) is 4.74 Å². The molecule has 1 rings (SSSR count). The molecule has 3 nitrogen and oxygen atoms in total. The van der Waals surface area contributed by atoms with E-state index in [1.807, 2.05) is 38.1 Å². The molecule has 0 bridgehead atoms. The van der Waals surface area contributed by atoms with Gasteiger partial charge < -0.3 is 9.64 Å². The molecule has 0 unspecified atom stereocenters. The van der Waals surface area contributed by atoms with Gasteiger partial charge in [0.15, 0.2) is 5.78 Å². The molecule has 0 N–H and O–H groups in total. The Labute approximate surface area is 96.3 Å². The highest BCUT2D eigenvalue weighted by atomic mass is 16.5. The summed E-state index contributed by atoms with van der Waals surface area (Å²) >= 11 is 0. The maximum absolute atomic E-state index is 12.0. The smallest absolute Gasteiger partial charge is 0.191 e. The summed E-state index contributed by atoms with van der Waals surface area (Å²) < 4.78 is 5.14. The SMILES string of the molecule is COc1ccccc1C(=O)/C=C(\C)N(C)C. The van der Waals surface area contributed by atoms with Gasteiger partial charge in [0.1, 0.15) is 5.75 Å². The number of rotatable bonds is 4. The Bertz CT molecular complexity index is 408. The molecule has 0 aromatic heterocycles. The van der Waals surface area contributed by atoms with Crippen LogP contribution in [0.4, 0.5) is 0 Å². The van der Waals surface area contributed by atoms with Gasteiger partial charge in [0, 0.05) is 25.9 Å². The van der Waals surface area contributed by atoms with E-state index in [-0.39, 0.29) is 5.78 Å². The third-order valence-electron chi connectivity index (χ3n) is 2.42. The molecule has 86 valence electrons. The van der Waals surface area contributed by atoms with E-state index in [2.05, 4.69) is 0 Å². The van der Waals surface area contributed by atoms with Crippen LogP contribution < -0.4 is 4.74 Å². The largest absolute Gasteiger partial charge is 0.496 e.